The van der Waals surface area contributed by atoms with E-state index in [2.05, 4.69) is 22.5 Å². The summed E-state index contributed by atoms with van der Waals surface area (Å²) in [5.41, 5.74) is 4.62. The fourth-order valence-corrected chi connectivity index (χ4v) is 4.44. The third kappa shape index (κ3) is 5.48. The van der Waals surface area contributed by atoms with Gasteiger partial charge in [0.1, 0.15) is 11.2 Å². The minimum absolute atomic E-state index is 0.0663. The number of hydrogen-bond donors (Lipinski definition) is 2. The zero-order valence-corrected chi connectivity index (χ0v) is 21.4. The first-order valence-electron chi connectivity index (χ1n) is 12.1. The van der Waals surface area contributed by atoms with E-state index in [1.54, 1.807) is 24.3 Å². The third-order valence-corrected chi connectivity index (χ3v) is 6.47. The molecule has 0 bridgehead atoms. The number of fused-ring (bicyclic) bond motifs is 1. The number of thiocarbonyl (C=S) groups is 1. The first-order chi connectivity index (χ1) is 18.4. The molecule has 194 valence electrons. The number of aryl methyl sites for hydroxylation is 1. The predicted molar refractivity (Wildman–Crippen MR) is 149 cm³/mol. The van der Waals surface area contributed by atoms with E-state index in [-0.39, 0.29) is 16.4 Å². The maximum Gasteiger partial charge on any atom is 0.293 e. The summed E-state index contributed by atoms with van der Waals surface area (Å²) in [6, 6.07) is 17.6. The molecule has 38 heavy (non-hydrogen) atoms. The Balaban J connectivity index is 1.24. The van der Waals surface area contributed by atoms with Crippen molar-refractivity contribution in [2.45, 2.75) is 13.3 Å². The predicted octanol–water partition coefficient (Wildman–Crippen LogP) is 4.93. The Morgan fingerprint density at radius 3 is 2.58 bits per heavy atom. The van der Waals surface area contributed by atoms with Gasteiger partial charge in [-0.3, -0.25) is 20.2 Å². The molecule has 0 radical (unpaired) electrons. The molecule has 4 aromatic rings. The van der Waals surface area contributed by atoms with E-state index in [1.165, 1.54) is 11.6 Å². The van der Waals surface area contributed by atoms with Gasteiger partial charge in [-0.2, -0.15) is 0 Å². The van der Waals surface area contributed by atoms with Crippen LogP contribution in [0.15, 0.2) is 65.1 Å². The highest BCUT2D eigenvalue weighted by Crippen LogP contribution is 2.30. The molecule has 1 amide bonds. The lowest BCUT2D eigenvalue weighted by atomic mass is 10.1. The number of hydrogen-bond acceptors (Lipinski definition) is 8. The minimum atomic E-state index is -0.548. The first kappa shape index (κ1) is 25.3. The second kappa shape index (κ2) is 11.0. The number of oxazole rings is 1. The summed E-state index contributed by atoms with van der Waals surface area (Å²) < 4.78 is 11.2. The van der Waals surface area contributed by atoms with Gasteiger partial charge in [0.25, 0.3) is 11.6 Å². The van der Waals surface area contributed by atoms with Gasteiger partial charge in [0.05, 0.1) is 18.1 Å². The molecular weight excluding hydrogens is 506 g/mol. The number of nitro groups is 1. The van der Waals surface area contributed by atoms with Crippen LogP contribution in [0.2, 0.25) is 0 Å². The summed E-state index contributed by atoms with van der Waals surface area (Å²) in [6.45, 7) is 4.17. The second-order valence-corrected chi connectivity index (χ2v) is 9.13. The van der Waals surface area contributed by atoms with Crippen molar-refractivity contribution in [2.24, 2.45) is 0 Å². The maximum absolute atomic E-state index is 12.8. The number of benzene rings is 3. The van der Waals surface area contributed by atoms with Gasteiger partial charge in [-0.15, -0.1) is 0 Å². The van der Waals surface area contributed by atoms with Crippen molar-refractivity contribution < 1.29 is 18.9 Å². The van der Waals surface area contributed by atoms with E-state index in [0.717, 1.165) is 23.1 Å². The Labute approximate surface area is 223 Å². The molecule has 0 atom stereocenters. The van der Waals surface area contributed by atoms with Crippen LogP contribution in [0.4, 0.5) is 17.1 Å². The largest absolute Gasteiger partial charge is 0.436 e. The van der Waals surface area contributed by atoms with Gasteiger partial charge in [-0.05, 0) is 72.7 Å². The molecule has 1 aliphatic rings. The average Bonchev–Trinajstić information content (AvgIpc) is 3.37. The van der Waals surface area contributed by atoms with Crippen LogP contribution in [0.5, 0.6) is 0 Å². The van der Waals surface area contributed by atoms with E-state index in [0.29, 0.717) is 43.6 Å². The number of carbonyl (C=O) groups is 1. The molecule has 10 nitrogen and oxygen atoms in total. The van der Waals surface area contributed by atoms with Gasteiger partial charge in [0.15, 0.2) is 10.7 Å². The number of amides is 1. The number of aromatic nitrogens is 1. The van der Waals surface area contributed by atoms with Crippen LogP contribution >= 0.6 is 12.2 Å². The first-order valence-corrected chi connectivity index (χ1v) is 12.6. The standard InChI is InChI=1S/C27H25N5O5S/c1-2-17-3-10-24-21(15-17)29-26(37-24)18-4-7-20(8-5-18)28-27(38)30-25(33)19-6-9-22(23(16-19)32(34)35)31-11-13-36-14-12-31/h3-10,15-16H,2,11-14H2,1H3,(H2,28,30,33,38). The van der Waals surface area contributed by atoms with Crippen molar-refractivity contribution >= 4 is 51.4 Å². The van der Waals surface area contributed by atoms with Gasteiger partial charge >= 0.3 is 0 Å². The monoisotopic (exact) mass is 531 g/mol. The number of nitrogens with zero attached hydrogens (tertiary/aromatic N) is 3. The van der Waals surface area contributed by atoms with E-state index in [9.17, 15) is 14.9 Å². The van der Waals surface area contributed by atoms with E-state index in [4.69, 9.17) is 21.4 Å². The third-order valence-electron chi connectivity index (χ3n) is 6.26. The molecule has 0 saturated carbocycles. The summed E-state index contributed by atoms with van der Waals surface area (Å²) in [4.78, 5) is 30.4. The van der Waals surface area contributed by atoms with E-state index >= 15 is 0 Å². The molecule has 0 unspecified atom stereocenters. The number of rotatable bonds is 6. The topological polar surface area (TPSA) is 123 Å². The number of morpholine rings is 1. The van der Waals surface area contributed by atoms with Crippen LogP contribution in [0.3, 0.4) is 0 Å². The summed E-state index contributed by atoms with van der Waals surface area (Å²) in [5.74, 6) is -0.0357. The second-order valence-electron chi connectivity index (χ2n) is 8.72. The quantitative estimate of drug-likeness (QED) is 0.203. The zero-order valence-electron chi connectivity index (χ0n) is 20.6. The van der Waals surface area contributed by atoms with Crippen molar-refractivity contribution in [3.05, 3.63) is 81.9 Å². The number of nitrogens with one attached hydrogen (secondary N) is 2. The Hall–Kier alpha value is -4.35. The molecule has 1 aromatic heterocycles. The maximum atomic E-state index is 12.8. The van der Waals surface area contributed by atoms with Crippen molar-refractivity contribution in [3.8, 4) is 11.5 Å². The molecule has 1 fully saturated rings. The summed E-state index contributed by atoms with van der Waals surface area (Å²) in [7, 11) is 0. The van der Waals surface area contributed by atoms with Gasteiger partial charge in [0, 0.05) is 36.0 Å². The van der Waals surface area contributed by atoms with Crippen molar-refractivity contribution in [2.75, 3.05) is 36.5 Å². The van der Waals surface area contributed by atoms with Crippen molar-refractivity contribution in [1.82, 2.24) is 10.3 Å². The lowest BCUT2D eigenvalue weighted by Crippen LogP contribution is -2.37. The minimum Gasteiger partial charge on any atom is -0.436 e. The molecule has 2 heterocycles. The highest BCUT2D eigenvalue weighted by molar-refractivity contribution is 7.80. The lowest BCUT2D eigenvalue weighted by molar-refractivity contribution is -0.384. The zero-order chi connectivity index (χ0) is 26.6. The van der Waals surface area contributed by atoms with E-state index in [1.807, 2.05) is 35.2 Å². The van der Waals surface area contributed by atoms with Gasteiger partial charge in [0.2, 0.25) is 5.89 Å². The van der Waals surface area contributed by atoms with Crippen LogP contribution in [0, 0.1) is 10.1 Å². The number of ether oxygens (including phenoxy) is 1. The normalized spacial score (nSPS) is 13.3. The summed E-state index contributed by atoms with van der Waals surface area (Å²) >= 11 is 5.29. The molecule has 0 spiro atoms. The lowest BCUT2D eigenvalue weighted by Gasteiger charge is -2.28. The van der Waals surface area contributed by atoms with Crippen LogP contribution in [-0.2, 0) is 11.2 Å². The highest BCUT2D eigenvalue weighted by atomic mass is 32.1. The molecule has 11 heteroatoms. The van der Waals surface area contributed by atoms with Gasteiger partial charge in [-0.1, -0.05) is 13.0 Å². The molecule has 0 aliphatic carbocycles. The Morgan fingerprint density at radius 2 is 1.87 bits per heavy atom. The highest BCUT2D eigenvalue weighted by Gasteiger charge is 2.23. The van der Waals surface area contributed by atoms with Gasteiger partial charge < -0.3 is 19.4 Å². The smallest absolute Gasteiger partial charge is 0.293 e. The van der Waals surface area contributed by atoms with Gasteiger partial charge in [-0.25, -0.2) is 4.98 Å². The average molecular weight is 532 g/mol. The fraction of sp³-hybridized carbons (Fsp3) is 0.222. The number of carbonyl (C=O) groups excluding carboxylic acids is 1. The Bertz CT molecular complexity index is 1510. The molecule has 1 aliphatic heterocycles. The molecule has 5 rings (SSSR count). The van der Waals surface area contributed by atoms with Crippen molar-refractivity contribution in [1.29, 1.82) is 0 Å². The number of nitro benzene ring substituents is 1. The molecule has 1 saturated heterocycles. The van der Waals surface area contributed by atoms with Crippen LogP contribution in [-0.4, -0.2) is 47.2 Å². The van der Waals surface area contributed by atoms with Crippen molar-refractivity contribution in [3.63, 3.8) is 0 Å². The van der Waals surface area contributed by atoms with E-state index < -0.39 is 10.8 Å². The van der Waals surface area contributed by atoms with Crippen LogP contribution < -0.4 is 15.5 Å². The number of anilines is 2. The Morgan fingerprint density at radius 1 is 1.11 bits per heavy atom. The molecular formula is C27H25N5O5S. The summed E-state index contributed by atoms with van der Waals surface area (Å²) in [5, 5.41) is 17.3. The Kier molecular flexibility index (Phi) is 7.29. The molecule has 2 N–H and O–H groups in total. The summed E-state index contributed by atoms with van der Waals surface area (Å²) in [6.07, 6.45) is 0.922. The van der Waals surface area contributed by atoms with Crippen LogP contribution in [0.1, 0.15) is 22.8 Å². The SMILES string of the molecule is CCc1ccc2oc(-c3ccc(NC(=S)NC(=O)c4ccc(N5CCOCC5)c([N+](=O)[O-])c4)cc3)nc2c1. The molecule has 3 aromatic carbocycles. The fourth-order valence-electron chi connectivity index (χ4n) is 4.23. The van der Waals surface area contributed by atoms with Crippen LogP contribution in [0.25, 0.3) is 22.6 Å².